The van der Waals surface area contributed by atoms with Crippen LogP contribution in [0.1, 0.15) is 18.3 Å². The van der Waals surface area contributed by atoms with Gasteiger partial charge in [-0.1, -0.05) is 36.3 Å². The molecule has 10 nitrogen and oxygen atoms in total. The van der Waals surface area contributed by atoms with E-state index in [1.54, 1.807) is 13.0 Å². The van der Waals surface area contributed by atoms with Gasteiger partial charge >= 0.3 is 0 Å². The molecule has 0 saturated carbocycles. The van der Waals surface area contributed by atoms with Gasteiger partial charge in [-0.25, -0.2) is 0 Å². The minimum Gasteiger partial charge on any atom is -0.698 e. The van der Waals surface area contributed by atoms with Crippen LogP contribution in [0.4, 0.5) is 11.4 Å². The van der Waals surface area contributed by atoms with Gasteiger partial charge in [-0.2, -0.15) is 23.6 Å². The summed E-state index contributed by atoms with van der Waals surface area (Å²) >= 11 is 0. The molecular formula is C22H22AcN5O5S-. The number of aryl methyl sites for hydroxylation is 2. The zero-order valence-corrected chi connectivity index (χ0v) is 24.3. The molecule has 0 amide bonds. The molecule has 0 saturated heterocycles. The molecule has 0 unspecified atom stereocenters. The predicted molar refractivity (Wildman–Crippen MR) is 124 cm³/mol. The molecule has 0 aliphatic rings. The minimum absolute atomic E-state index is 0. The largest absolute Gasteiger partial charge is 0.698 e. The number of fused-ring (bicyclic) bond motifs is 1. The summed E-state index contributed by atoms with van der Waals surface area (Å²) in [5.41, 5.74) is 9.37. The first-order chi connectivity index (χ1) is 15.7. The van der Waals surface area contributed by atoms with Crippen LogP contribution in [-0.2, 0) is 16.5 Å². The van der Waals surface area contributed by atoms with E-state index in [0.717, 1.165) is 23.9 Å². The molecule has 12 heteroatoms. The third-order valence-corrected chi connectivity index (χ3v) is 5.48. The van der Waals surface area contributed by atoms with Crippen molar-refractivity contribution in [2.75, 3.05) is 7.05 Å². The van der Waals surface area contributed by atoms with Crippen molar-refractivity contribution in [2.45, 2.75) is 25.2 Å². The van der Waals surface area contributed by atoms with Crippen LogP contribution in [-0.4, -0.2) is 35.3 Å². The molecule has 34 heavy (non-hydrogen) atoms. The SMILES string of the molecule is CCc1noc(-c2ccccc2)n1.CN=Nc1c(C)cc2cc(S(=O)(=O)O)cc([NH-])c2c1O.[Ac]. The number of hydrogen-bond donors (Lipinski definition) is 2. The molecule has 0 spiro atoms. The maximum Gasteiger partial charge on any atom is 0.294 e. The number of rotatable bonds is 4. The quantitative estimate of drug-likeness (QED) is 0.202. The van der Waals surface area contributed by atoms with Crippen LogP contribution in [0.3, 0.4) is 0 Å². The van der Waals surface area contributed by atoms with Crippen LogP contribution >= 0.6 is 0 Å². The molecule has 0 fully saturated rings. The normalized spacial score (nSPS) is 11.2. The summed E-state index contributed by atoms with van der Waals surface area (Å²) < 4.78 is 36.4. The van der Waals surface area contributed by atoms with Crippen molar-refractivity contribution in [2.24, 2.45) is 10.2 Å². The Morgan fingerprint density at radius 3 is 2.38 bits per heavy atom. The van der Waals surface area contributed by atoms with Gasteiger partial charge in [0.1, 0.15) is 11.4 Å². The summed E-state index contributed by atoms with van der Waals surface area (Å²) in [6, 6.07) is 13.5. The number of phenolic OH excluding ortho intramolecular Hbond substituents is 1. The number of aromatic hydroxyl groups is 1. The number of hydrogen-bond acceptors (Lipinski definition) is 8. The molecule has 1 radical (unpaired) electrons. The van der Waals surface area contributed by atoms with Gasteiger partial charge in [-0.05, 0) is 42.1 Å². The van der Waals surface area contributed by atoms with E-state index in [4.69, 9.17) is 14.8 Å². The van der Waals surface area contributed by atoms with Crippen LogP contribution in [0.5, 0.6) is 5.75 Å². The summed E-state index contributed by atoms with van der Waals surface area (Å²) in [5, 5.41) is 21.8. The van der Waals surface area contributed by atoms with Crippen molar-refractivity contribution < 1.29 is 66.7 Å². The summed E-state index contributed by atoms with van der Waals surface area (Å²) in [7, 11) is -2.96. The van der Waals surface area contributed by atoms with E-state index in [1.807, 2.05) is 37.3 Å². The van der Waals surface area contributed by atoms with Gasteiger partial charge < -0.3 is 15.4 Å². The van der Waals surface area contributed by atoms with Gasteiger partial charge in [0.15, 0.2) is 5.82 Å². The van der Waals surface area contributed by atoms with Crippen molar-refractivity contribution in [3.8, 4) is 17.2 Å². The molecule has 3 N–H and O–H groups in total. The summed E-state index contributed by atoms with van der Waals surface area (Å²) in [4.78, 5) is 3.83. The first-order valence-corrected chi connectivity index (χ1v) is 11.3. The number of phenols is 1. The molecule has 0 aliphatic carbocycles. The second-order valence-corrected chi connectivity index (χ2v) is 8.39. The van der Waals surface area contributed by atoms with Gasteiger partial charge in [0, 0.05) is 68.5 Å². The summed E-state index contributed by atoms with van der Waals surface area (Å²) in [6.45, 7) is 3.67. The number of benzene rings is 3. The third kappa shape index (κ3) is 6.39. The molecule has 0 bridgehead atoms. The van der Waals surface area contributed by atoms with Crippen molar-refractivity contribution in [1.82, 2.24) is 10.1 Å². The number of nitrogens with one attached hydrogen (secondary N) is 1. The Kier molecular flexibility index (Phi) is 9.70. The van der Waals surface area contributed by atoms with Crippen LogP contribution < -0.4 is 0 Å². The van der Waals surface area contributed by atoms with E-state index >= 15 is 0 Å². The molecule has 4 rings (SSSR count). The maximum atomic E-state index is 11.1. The van der Waals surface area contributed by atoms with E-state index in [9.17, 15) is 13.5 Å². The van der Waals surface area contributed by atoms with E-state index in [1.165, 1.54) is 13.1 Å². The molecule has 1 heterocycles. The van der Waals surface area contributed by atoms with Crippen LogP contribution in [0.25, 0.3) is 28.0 Å². The molecule has 3 aromatic carbocycles. The molecule has 1 aromatic heterocycles. The van der Waals surface area contributed by atoms with Gasteiger partial charge in [0.05, 0.1) is 4.90 Å². The Balaban J connectivity index is 0.000000253. The maximum absolute atomic E-state index is 11.1. The number of aromatic nitrogens is 2. The first kappa shape index (κ1) is 27.9. The van der Waals surface area contributed by atoms with Gasteiger partial charge in [0.25, 0.3) is 16.0 Å². The molecule has 4 aromatic rings. The van der Waals surface area contributed by atoms with Gasteiger partial charge in [-0.15, -0.1) is 5.69 Å². The minimum atomic E-state index is -4.41. The molecular weight excluding hydrogens is 673 g/mol. The smallest absolute Gasteiger partial charge is 0.294 e. The second-order valence-electron chi connectivity index (χ2n) is 6.97. The predicted octanol–water partition coefficient (Wildman–Crippen LogP) is 5.80. The average Bonchev–Trinajstić information content (AvgIpc) is 3.26. The molecule has 175 valence electrons. The Hall–Kier alpha value is -2.39. The summed E-state index contributed by atoms with van der Waals surface area (Å²) in [6.07, 6.45) is 0.802. The van der Waals surface area contributed by atoms with E-state index < -0.39 is 15.0 Å². The zero-order chi connectivity index (χ0) is 24.2. The second kappa shape index (κ2) is 11.8. The first-order valence-electron chi connectivity index (χ1n) is 9.83. The van der Waals surface area contributed by atoms with E-state index in [-0.39, 0.29) is 66.6 Å². The number of azo groups is 1. The van der Waals surface area contributed by atoms with Gasteiger partial charge in [-0.3, -0.25) is 4.55 Å². The number of nitrogens with zero attached hydrogens (tertiary/aromatic N) is 4. The van der Waals surface area contributed by atoms with E-state index in [0.29, 0.717) is 16.8 Å². The fourth-order valence-electron chi connectivity index (χ4n) is 3.09. The molecule has 0 aliphatic heterocycles. The van der Waals surface area contributed by atoms with E-state index in [2.05, 4.69) is 20.4 Å². The van der Waals surface area contributed by atoms with Crippen molar-refractivity contribution in [1.29, 1.82) is 0 Å². The fourth-order valence-corrected chi connectivity index (χ4v) is 3.64. The van der Waals surface area contributed by atoms with Crippen molar-refractivity contribution in [3.63, 3.8) is 0 Å². The van der Waals surface area contributed by atoms with Crippen LogP contribution in [0, 0.1) is 51.0 Å². The Bertz CT molecular complexity index is 1420. The van der Waals surface area contributed by atoms with Crippen molar-refractivity contribution in [3.05, 3.63) is 65.7 Å². The van der Waals surface area contributed by atoms with Crippen LogP contribution in [0.2, 0.25) is 0 Å². The third-order valence-electron chi connectivity index (χ3n) is 4.65. The van der Waals surface area contributed by atoms with Crippen molar-refractivity contribution >= 4 is 32.3 Å². The Morgan fingerprint density at radius 1 is 1.15 bits per heavy atom. The topological polar surface area (TPSA) is 162 Å². The summed E-state index contributed by atoms with van der Waals surface area (Å²) in [5.74, 6) is 1.11. The van der Waals surface area contributed by atoms with Gasteiger partial charge in [0.2, 0.25) is 0 Å². The average molecular weight is 696 g/mol. The Morgan fingerprint density at radius 2 is 1.82 bits per heavy atom. The zero-order valence-electron chi connectivity index (χ0n) is 18.7. The monoisotopic (exact) mass is 695 g/mol. The Labute approximate surface area is 232 Å². The standard InChI is InChI=1S/C12H12N3O4S.C10H10N2O.Ac/c1-6-3-7-4-8(20(17,18)19)5-9(13)10(7)12(16)11(6)15-14-2;1-2-9-11-10(13-12-9)8-6-4-3-5-7-8;/h3-5H,1-2H3,(H3-,13,14,16,17,18,19);3-7H,2H2,1H3;/q-1;;. The fraction of sp³-hybridized carbons (Fsp3) is 0.182. The molecule has 0 atom stereocenters. The van der Waals surface area contributed by atoms with Crippen LogP contribution in [0.15, 0.2) is 68.2 Å².